The third-order valence-corrected chi connectivity index (χ3v) is 3.48. The Bertz CT molecular complexity index is 642. The molecule has 1 heterocycles. The van der Waals surface area contributed by atoms with Crippen molar-refractivity contribution in [3.63, 3.8) is 0 Å². The second-order valence-electron chi connectivity index (χ2n) is 4.92. The van der Waals surface area contributed by atoms with Gasteiger partial charge in [-0.2, -0.15) is 0 Å². The number of carbonyl (C=O) groups excluding carboxylic acids is 1. The smallest absolute Gasteiger partial charge is 0.242 e. The van der Waals surface area contributed by atoms with Crippen molar-refractivity contribution in [2.45, 2.75) is 32.7 Å². The highest BCUT2D eigenvalue weighted by Gasteiger charge is 2.15. The molecule has 1 unspecified atom stereocenters. The van der Waals surface area contributed by atoms with E-state index in [1.807, 2.05) is 32.0 Å². The van der Waals surface area contributed by atoms with Gasteiger partial charge in [0.25, 0.3) is 0 Å². The number of amides is 1. The van der Waals surface area contributed by atoms with Crippen molar-refractivity contribution < 1.29 is 4.79 Å². The Hall–Kier alpha value is -1.56. The predicted molar refractivity (Wildman–Crippen MR) is 92.1 cm³/mol. The van der Waals surface area contributed by atoms with E-state index in [0.717, 1.165) is 17.8 Å². The van der Waals surface area contributed by atoms with Crippen LogP contribution in [0, 0.1) is 6.92 Å². The molecule has 5 nitrogen and oxygen atoms in total. The molecule has 120 valence electrons. The molecule has 0 saturated carbocycles. The standard InChI is InChI=1S/C15H19ClN4O.ClH/c1-3-6-12(17)15(21)18-14-9-10(2)20(19-14)13-8-5-4-7-11(13)16;/h4-5,7-9,12H,3,6,17H2,1-2H3,(H,18,19,21);1H. The Morgan fingerprint density at radius 3 is 2.77 bits per heavy atom. The van der Waals surface area contributed by atoms with Gasteiger partial charge in [0.1, 0.15) is 0 Å². The summed E-state index contributed by atoms with van der Waals surface area (Å²) in [7, 11) is 0. The van der Waals surface area contributed by atoms with Crippen LogP contribution >= 0.6 is 24.0 Å². The van der Waals surface area contributed by atoms with Crippen LogP contribution in [0.5, 0.6) is 0 Å². The van der Waals surface area contributed by atoms with Crippen molar-refractivity contribution in [2.75, 3.05) is 5.32 Å². The number of hydrogen-bond acceptors (Lipinski definition) is 3. The molecule has 0 aliphatic rings. The lowest BCUT2D eigenvalue weighted by molar-refractivity contribution is -0.117. The largest absolute Gasteiger partial charge is 0.320 e. The summed E-state index contributed by atoms with van der Waals surface area (Å²) in [6, 6.07) is 8.69. The highest BCUT2D eigenvalue weighted by atomic mass is 35.5. The summed E-state index contributed by atoms with van der Waals surface area (Å²) < 4.78 is 1.70. The fourth-order valence-electron chi connectivity index (χ4n) is 2.06. The molecule has 0 bridgehead atoms. The van der Waals surface area contributed by atoms with Crippen molar-refractivity contribution >= 4 is 35.7 Å². The van der Waals surface area contributed by atoms with Crippen molar-refractivity contribution in [3.05, 3.63) is 41.0 Å². The monoisotopic (exact) mass is 342 g/mol. The molecule has 0 fully saturated rings. The van der Waals surface area contributed by atoms with Gasteiger partial charge in [-0.05, 0) is 25.5 Å². The van der Waals surface area contributed by atoms with E-state index >= 15 is 0 Å². The summed E-state index contributed by atoms with van der Waals surface area (Å²) in [6.45, 7) is 3.89. The first-order chi connectivity index (χ1) is 10.0. The SMILES string of the molecule is CCCC(N)C(=O)Nc1cc(C)n(-c2ccccc2Cl)n1.Cl. The van der Waals surface area contributed by atoms with Crippen molar-refractivity contribution in [1.29, 1.82) is 0 Å². The van der Waals surface area contributed by atoms with Crippen molar-refractivity contribution in [3.8, 4) is 5.69 Å². The predicted octanol–water partition coefficient (Wildman–Crippen LogP) is 3.32. The van der Waals surface area contributed by atoms with Gasteiger partial charge in [-0.3, -0.25) is 4.79 Å². The van der Waals surface area contributed by atoms with E-state index in [1.165, 1.54) is 0 Å². The molecule has 0 spiro atoms. The number of anilines is 1. The van der Waals surface area contributed by atoms with Gasteiger partial charge in [-0.1, -0.05) is 37.1 Å². The second-order valence-corrected chi connectivity index (χ2v) is 5.33. The van der Waals surface area contributed by atoms with E-state index in [-0.39, 0.29) is 18.3 Å². The maximum atomic E-state index is 11.9. The average Bonchev–Trinajstić information content (AvgIpc) is 2.80. The van der Waals surface area contributed by atoms with Crippen LogP contribution in [0.25, 0.3) is 5.69 Å². The number of hydrogen-bond donors (Lipinski definition) is 2. The van der Waals surface area contributed by atoms with Crippen LogP contribution in [0.3, 0.4) is 0 Å². The van der Waals surface area contributed by atoms with Gasteiger partial charge in [0.2, 0.25) is 5.91 Å². The van der Waals surface area contributed by atoms with E-state index < -0.39 is 6.04 Å². The third-order valence-electron chi connectivity index (χ3n) is 3.16. The van der Waals surface area contributed by atoms with Gasteiger partial charge in [-0.25, -0.2) is 4.68 Å². The molecule has 0 radical (unpaired) electrons. The molecule has 0 aliphatic carbocycles. The molecule has 7 heteroatoms. The van der Waals surface area contributed by atoms with Crippen LogP contribution in [-0.2, 0) is 4.79 Å². The Labute approximate surface area is 141 Å². The van der Waals surface area contributed by atoms with Gasteiger partial charge >= 0.3 is 0 Å². The number of rotatable bonds is 5. The average molecular weight is 343 g/mol. The van der Waals surface area contributed by atoms with Crippen LogP contribution in [0.2, 0.25) is 5.02 Å². The first-order valence-electron chi connectivity index (χ1n) is 6.91. The summed E-state index contributed by atoms with van der Waals surface area (Å²) in [4.78, 5) is 11.9. The van der Waals surface area contributed by atoms with Crippen molar-refractivity contribution in [1.82, 2.24) is 9.78 Å². The molecule has 0 saturated heterocycles. The molecule has 1 atom stereocenters. The second kappa shape index (κ2) is 8.17. The van der Waals surface area contributed by atoms with Crippen molar-refractivity contribution in [2.24, 2.45) is 5.73 Å². The molecule has 2 aromatic rings. The number of benzene rings is 1. The van der Waals surface area contributed by atoms with Crippen LogP contribution in [0.15, 0.2) is 30.3 Å². The minimum absolute atomic E-state index is 0. The number of aromatic nitrogens is 2. The van der Waals surface area contributed by atoms with Gasteiger partial charge in [0.15, 0.2) is 5.82 Å². The summed E-state index contributed by atoms with van der Waals surface area (Å²) in [5.41, 5.74) is 7.44. The van der Waals surface area contributed by atoms with Gasteiger partial charge in [0.05, 0.1) is 16.8 Å². The van der Waals surface area contributed by atoms with E-state index in [1.54, 1.807) is 16.8 Å². The number of nitrogens with one attached hydrogen (secondary N) is 1. The Morgan fingerprint density at radius 2 is 2.14 bits per heavy atom. The number of nitrogens with two attached hydrogens (primary N) is 1. The Kier molecular flexibility index (Phi) is 6.87. The zero-order valence-electron chi connectivity index (χ0n) is 12.5. The maximum absolute atomic E-state index is 11.9. The Balaban J connectivity index is 0.00000242. The highest BCUT2D eigenvalue weighted by Crippen LogP contribution is 2.22. The summed E-state index contributed by atoms with van der Waals surface area (Å²) in [6.07, 6.45) is 1.51. The summed E-state index contributed by atoms with van der Waals surface area (Å²) >= 11 is 6.17. The van der Waals surface area contributed by atoms with Gasteiger partial charge < -0.3 is 11.1 Å². The molecule has 1 amide bonds. The van der Waals surface area contributed by atoms with Gasteiger partial charge in [0, 0.05) is 11.8 Å². The van der Waals surface area contributed by atoms with Gasteiger partial charge in [-0.15, -0.1) is 17.5 Å². The normalized spacial score (nSPS) is 11.6. The zero-order chi connectivity index (χ0) is 15.4. The van der Waals surface area contributed by atoms with E-state index in [0.29, 0.717) is 17.3 Å². The van der Waals surface area contributed by atoms with Crippen LogP contribution in [0.1, 0.15) is 25.5 Å². The van der Waals surface area contributed by atoms with Crippen LogP contribution in [0.4, 0.5) is 5.82 Å². The lowest BCUT2D eigenvalue weighted by Crippen LogP contribution is -2.35. The number of halogens is 2. The zero-order valence-corrected chi connectivity index (χ0v) is 14.1. The van der Waals surface area contributed by atoms with E-state index in [2.05, 4.69) is 10.4 Å². The number of nitrogens with zero attached hydrogens (tertiary/aromatic N) is 2. The fourth-order valence-corrected chi connectivity index (χ4v) is 2.28. The number of carbonyl (C=O) groups is 1. The molecular weight excluding hydrogens is 323 g/mol. The van der Waals surface area contributed by atoms with E-state index in [4.69, 9.17) is 17.3 Å². The van der Waals surface area contributed by atoms with Crippen LogP contribution in [-0.4, -0.2) is 21.7 Å². The topological polar surface area (TPSA) is 72.9 Å². The number of para-hydroxylation sites is 1. The Morgan fingerprint density at radius 1 is 1.45 bits per heavy atom. The first-order valence-corrected chi connectivity index (χ1v) is 7.28. The van der Waals surface area contributed by atoms with E-state index in [9.17, 15) is 4.79 Å². The molecule has 2 rings (SSSR count). The summed E-state index contributed by atoms with van der Waals surface area (Å²) in [5, 5.41) is 7.71. The fraction of sp³-hybridized carbons (Fsp3) is 0.333. The van der Waals surface area contributed by atoms with Crippen LogP contribution < -0.4 is 11.1 Å². The molecule has 22 heavy (non-hydrogen) atoms. The molecule has 1 aromatic carbocycles. The lowest BCUT2D eigenvalue weighted by atomic mass is 10.2. The molecular formula is C15H20Cl2N4O. The molecule has 3 N–H and O–H groups in total. The third kappa shape index (κ3) is 4.22. The number of aryl methyl sites for hydroxylation is 1. The minimum atomic E-state index is -0.513. The highest BCUT2D eigenvalue weighted by molar-refractivity contribution is 6.32. The first kappa shape index (κ1) is 18.5. The quantitative estimate of drug-likeness (QED) is 0.875. The lowest BCUT2D eigenvalue weighted by Gasteiger charge is -2.09. The molecule has 0 aliphatic heterocycles. The molecule has 1 aromatic heterocycles. The summed E-state index contributed by atoms with van der Waals surface area (Å²) in [5.74, 6) is 0.254. The minimum Gasteiger partial charge on any atom is -0.320 e. The maximum Gasteiger partial charge on any atom is 0.242 e.